The van der Waals surface area contributed by atoms with Gasteiger partial charge in [-0.2, -0.15) is 5.26 Å². The summed E-state index contributed by atoms with van der Waals surface area (Å²) in [5.41, 5.74) is 1.01. The Kier molecular flexibility index (Phi) is 6.82. The molecule has 150 valence electrons. The van der Waals surface area contributed by atoms with Crippen LogP contribution in [0.15, 0.2) is 48.5 Å². The van der Waals surface area contributed by atoms with Crippen LogP contribution in [0.1, 0.15) is 35.7 Å². The number of para-hydroxylation sites is 1. The van der Waals surface area contributed by atoms with Gasteiger partial charge >= 0.3 is 5.97 Å². The van der Waals surface area contributed by atoms with E-state index in [-0.39, 0.29) is 6.10 Å². The molecule has 1 N–H and O–H groups in total. The smallest absolute Gasteiger partial charge is 0.338 e. The first kappa shape index (κ1) is 20.4. The number of amides is 1. The number of carbonyl (C=O) groups is 2. The van der Waals surface area contributed by atoms with E-state index in [1.54, 1.807) is 48.5 Å². The van der Waals surface area contributed by atoms with E-state index < -0.39 is 18.0 Å². The van der Waals surface area contributed by atoms with Crippen molar-refractivity contribution in [3.8, 4) is 11.8 Å². The number of nitrogens with one attached hydrogen (secondary N) is 1. The van der Waals surface area contributed by atoms with Crippen molar-refractivity contribution in [3.05, 3.63) is 59.7 Å². The highest BCUT2D eigenvalue weighted by molar-refractivity contribution is 5.98. The molecule has 7 heteroatoms. The zero-order valence-corrected chi connectivity index (χ0v) is 16.1. The van der Waals surface area contributed by atoms with Gasteiger partial charge in [0.1, 0.15) is 18.4 Å². The average Bonchev–Trinajstić information content (AvgIpc) is 3.26. The fourth-order valence-electron chi connectivity index (χ4n) is 2.86. The van der Waals surface area contributed by atoms with Crippen LogP contribution >= 0.6 is 0 Å². The number of hydrogen-bond acceptors (Lipinski definition) is 6. The Hall–Kier alpha value is -3.37. The van der Waals surface area contributed by atoms with E-state index in [9.17, 15) is 9.59 Å². The summed E-state index contributed by atoms with van der Waals surface area (Å²) >= 11 is 0. The minimum atomic E-state index is -1.02. The largest absolute Gasteiger partial charge is 0.491 e. The molecule has 0 saturated carbocycles. The van der Waals surface area contributed by atoms with E-state index in [2.05, 4.69) is 5.32 Å². The summed E-state index contributed by atoms with van der Waals surface area (Å²) in [5, 5.41) is 11.7. The molecule has 2 aromatic carbocycles. The molecule has 29 heavy (non-hydrogen) atoms. The Balaban J connectivity index is 1.52. The third kappa shape index (κ3) is 5.56. The molecule has 2 atom stereocenters. The van der Waals surface area contributed by atoms with Crippen LogP contribution in [-0.2, 0) is 14.3 Å². The standard InChI is InChI=1S/C22H22N2O5/c1-15(21(25)24-20-7-3-2-5-17(20)13-23)29-22(26)16-8-10-18(11-9-16)28-14-19-6-4-12-27-19/h2-3,5,7-11,15,19H,4,6,12,14H2,1H3,(H,24,25)/t15-,19+/m1/s1. The molecule has 0 radical (unpaired) electrons. The second-order valence-corrected chi connectivity index (χ2v) is 6.66. The van der Waals surface area contributed by atoms with Gasteiger partial charge < -0.3 is 19.5 Å². The Morgan fingerprint density at radius 1 is 1.24 bits per heavy atom. The van der Waals surface area contributed by atoms with Crippen LogP contribution in [0.25, 0.3) is 0 Å². The maximum atomic E-state index is 12.3. The van der Waals surface area contributed by atoms with Gasteiger partial charge in [0.25, 0.3) is 5.91 Å². The van der Waals surface area contributed by atoms with Gasteiger partial charge in [-0.05, 0) is 56.2 Å². The van der Waals surface area contributed by atoms with Crippen molar-refractivity contribution in [2.75, 3.05) is 18.5 Å². The van der Waals surface area contributed by atoms with E-state index in [0.29, 0.717) is 29.2 Å². The molecule has 1 fully saturated rings. The van der Waals surface area contributed by atoms with E-state index in [1.165, 1.54) is 6.92 Å². The van der Waals surface area contributed by atoms with Crippen molar-refractivity contribution in [1.29, 1.82) is 5.26 Å². The van der Waals surface area contributed by atoms with E-state index >= 15 is 0 Å². The van der Waals surface area contributed by atoms with Gasteiger partial charge in [-0.1, -0.05) is 12.1 Å². The predicted molar refractivity (Wildman–Crippen MR) is 106 cm³/mol. The number of ether oxygens (including phenoxy) is 3. The molecule has 0 spiro atoms. The molecule has 1 aliphatic rings. The molecule has 0 bridgehead atoms. The highest BCUT2D eigenvalue weighted by atomic mass is 16.5. The van der Waals surface area contributed by atoms with Gasteiger partial charge in [0, 0.05) is 6.61 Å². The van der Waals surface area contributed by atoms with E-state index in [4.69, 9.17) is 19.5 Å². The number of esters is 1. The number of benzene rings is 2. The number of rotatable bonds is 7. The summed E-state index contributed by atoms with van der Waals surface area (Å²) < 4.78 is 16.4. The summed E-state index contributed by atoms with van der Waals surface area (Å²) in [6.45, 7) is 2.72. The summed E-state index contributed by atoms with van der Waals surface area (Å²) in [4.78, 5) is 24.6. The van der Waals surface area contributed by atoms with E-state index in [0.717, 1.165) is 19.4 Å². The number of carbonyl (C=O) groups excluding carboxylic acids is 2. The van der Waals surface area contributed by atoms with Crippen LogP contribution < -0.4 is 10.1 Å². The minimum Gasteiger partial charge on any atom is -0.491 e. The molecule has 0 aliphatic carbocycles. The van der Waals surface area contributed by atoms with Crippen LogP contribution in [-0.4, -0.2) is 37.3 Å². The zero-order chi connectivity index (χ0) is 20.6. The monoisotopic (exact) mass is 394 g/mol. The average molecular weight is 394 g/mol. The molecule has 3 rings (SSSR count). The predicted octanol–water partition coefficient (Wildman–Crippen LogP) is 3.30. The molecule has 0 unspecified atom stereocenters. The van der Waals surface area contributed by atoms with Crippen LogP contribution in [0.3, 0.4) is 0 Å². The molecular weight excluding hydrogens is 372 g/mol. The van der Waals surface area contributed by atoms with Crippen LogP contribution in [0.5, 0.6) is 5.75 Å². The van der Waals surface area contributed by atoms with Crippen molar-refractivity contribution in [2.45, 2.75) is 32.0 Å². The molecular formula is C22H22N2O5. The third-order valence-electron chi connectivity index (χ3n) is 4.51. The summed E-state index contributed by atoms with van der Waals surface area (Å²) in [6, 6.07) is 15.1. The van der Waals surface area contributed by atoms with Crippen molar-refractivity contribution in [1.82, 2.24) is 0 Å². The lowest BCUT2D eigenvalue weighted by molar-refractivity contribution is -0.123. The van der Waals surface area contributed by atoms with Crippen molar-refractivity contribution in [2.24, 2.45) is 0 Å². The fourth-order valence-corrected chi connectivity index (χ4v) is 2.86. The van der Waals surface area contributed by atoms with Gasteiger partial charge in [-0.3, -0.25) is 4.79 Å². The lowest BCUT2D eigenvalue weighted by Gasteiger charge is -2.14. The van der Waals surface area contributed by atoms with Gasteiger partial charge in [0.15, 0.2) is 6.10 Å². The Morgan fingerprint density at radius 2 is 2.00 bits per heavy atom. The number of nitriles is 1. The molecule has 1 amide bonds. The highest BCUT2D eigenvalue weighted by Crippen LogP contribution is 2.18. The second-order valence-electron chi connectivity index (χ2n) is 6.66. The normalized spacial score (nSPS) is 16.5. The van der Waals surface area contributed by atoms with Crippen LogP contribution in [0.4, 0.5) is 5.69 Å². The summed E-state index contributed by atoms with van der Waals surface area (Å²) in [5.74, 6) is -0.500. The van der Waals surface area contributed by atoms with Gasteiger partial charge in [0.2, 0.25) is 0 Å². The van der Waals surface area contributed by atoms with Crippen molar-refractivity contribution in [3.63, 3.8) is 0 Å². The summed E-state index contributed by atoms with van der Waals surface area (Å²) in [7, 11) is 0. The lowest BCUT2D eigenvalue weighted by atomic mass is 10.2. The fraction of sp³-hybridized carbons (Fsp3) is 0.318. The Labute approximate surface area is 169 Å². The van der Waals surface area contributed by atoms with E-state index in [1.807, 2.05) is 6.07 Å². The molecule has 7 nitrogen and oxygen atoms in total. The lowest BCUT2D eigenvalue weighted by Crippen LogP contribution is -2.30. The first-order chi connectivity index (χ1) is 14.1. The molecule has 1 saturated heterocycles. The van der Waals surface area contributed by atoms with Gasteiger partial charge in [-0.25, -0.2) is 4.79 Å². The first-order valence-corrected chi connectivity index (χ1v) is 9.42. The second kappa shape index (κ2) is 9.71. The maximum Gasteiger partial charge on any atom is 0.338 e. The number of nitrogens with zero attached hydrogens (tertiary/aromatic N) is 1. The SMILES string of the molecule is C[C@@H](OC(=O)c1ccc(OC[C@@H]2CCCO2)cc1)C(=O)Nc1ccccc1C#N. The quantitative estimate of drug-likeness (QED) is 0.724. The van der Waals surface area contributed by atoms with Crippen LogP contribution in [0.2, 0.25) is 0 Å². The molecule has 1 aliphatic heterocycles. The topological polar surface area (TPSA) is 97.7 Å². The first-order valence-electron chi connectivity index (χ1n) is 9.42. The highest BCUT2D eigenvalue weighted by Gasteiger charge is 2.20. The van der Waals surface area contributed by atoms with Gasteiger partial charge in [-0.15, -0.1) is 0 Å². The third-order valence-corrected chi connectivity index (χ3v) is 4.51. The summed E-state index contributed by atoms with van der Waals surface area (Å²) in [6.07, 6.45) is 1.13. The maximum absolute atomic E-state index is 12.3. The molecule has 0 aromatic heterocycles. The van der Waals surface area contributed by atoms with Gasteiger partial charge in [0.05, 0.1) is 22.9 Å². The number of anilines is 1. The zero-order valence-electron chi connectivity index (χ0n) is 16.1. The van der Waals surface area contributed by atoms with Crippen molar-refractivity contribution < 1.29 is 23.8 Å². The Morgan fingerprint density at radius 3 is 2.69 bits per heavy atom. The number of hydrogen-bond donors (Lipinski definition) is 1. The molecule has 1 heterocycles. The van der Waals surface area contributed by atoms with Crippen LogP contribution in [0, 0.1) is 11.3 Å². The van der Waals surface area contributed by atoms with Crippen molar-refractivity contribution >= 4 is 17.6 Å². The Bertz CT molecular complexity index is 898. The molecule has 2 aromatic rings. The minimum absolute atomic E-state index is 0.116.